The summed E-state index contributed by atoms with van der Waals surface area (Å²) in [4.78, 5) is 19.6. The van der Waals surface area contributed by atoms with Gasteiger partial charge in [0, 0.05) is 32.1 Å². The largest absolute Gasteiger partial charge is 0.373 e. The van der Waals surface area contributed by atoms with Gasteiger partial charge in [0.15, 0.2) is 0 Å². The second-order valence-corrected chi connectivity index (χ2v) is 4.12. The second-order valence-electron chi connectivity index (χ2n) is 4.12. The maximum Gasteiger partial charge on any atom is 0.220 e. The van der Waals surface area contributed by atoms with Crippen LogP contribution in [0.2, 0.25) is 0 Å². The number of aryl methyl sites for hydroxylation is 1. The molecule has 1 fully saturated rings. The maximum absolute atomic E-state index is 11.0. The van der Waals surface area contributed by atoms with Crippen LogP contribution in [-0.2, 0) is 4.79 Å². The first-order valence-corrected chi connectivity index (χ1v) is 5.74. The van der Waals surface area contributed by atoms with Crippen LogP contribution in [0.5, 0.6) is 0 Å². The summed E-state index contributed by atoms with van der Waals surface area (Å²) in [5, 5.41) is 9.14. The van der Waals surface area contributed by atoms with Crippen molar-refractivity contribution in [3.05, 3.63) is 11.9 Å². The van der Waals surface area contributed by atoms with Gasteiger partial charge in [-0.05, 0) is 13.3 Å². The molecule has 2 heterocycles. The number of carbonyl (C=O) groups excluding carboxylic acids is 1. The van der Waals surface area contributed by atoms with E-state index in [1.807, 2.05) is 20.0 Å². The van der Waals surface area contributed by atoms with Crippen molar-refractivity contribution in [2.75, 3.05) is 24.2 Å². The minimum Gasteiger partial charge on any atom is -0.373 e. The van der Waals surface area contributed by atoms with E-state index in [-0.39, 0.29) is 11.9 Å². The van der Waals surface area contributed by atoms with Crippen molar-refractivity contribution < 1.29 is 4.79 Å². The summed E-state index contributed by atoms with van der Waals surface area (Å²) in [6.45, 7) is 2.51. The standard InChI is InChI=1S/C11H17N5O/c1-7-14-9(12-2)5-10(15-7)16-8-3-4-11(17)13-6-8/h5,8H,3-4,6H2,1-2H3,(H,13,17)(H2,12,14,15,16). The fourth-order valence-corrected chi connectivity index (χ4v) is 1.83. The molecule has 1 aliphatic heterocycles. The zero-order chi connectivity index (χ0) is 12.3. The number of piperidine rings is 1. The van der Waals surface area contributed by atoms with Crippen molar-refractivity contribution in [3.8, 4) is 0 Å². The van der Waals surface area contributed by atoms with Crippen LogP contribution >= 0.6 is 0 Å². The minimum absolute atomic E-state index is 0.123. The van der Waals surface area contributed by atoms with Crippen LogP contribution in [0.15, 0.2) is 6.07 Å². The molecule has 1 aliphatic rings. The lowest BCUT2D eigenvalue weighted by Gasteiger charge is -2.24. The molecule has 1 aromatic heterocycles. The fraction of sp³-hybridized carbons (Fsp3) is 0.545. The SMILES string of the molecule is CNc1cc(NC2CCC(=O)NC2)nc(C)n1. The van der Waals surface area contributed by atoms with Crippen LogP contribution in [0, 0.1) is 6.92 Å². The van der Waals surface area contributed by atoms with Gasteiger partial charge in [-0.25, -0.2) is 9.97 Å². The number of anilines is 2. The smallest absolute Gasteiger partial charge is 0.220 e. The topological polar surface area (TPSA) is 78.9 Å². The van der Waals surface area contributed by atoms with E-state index in [4.69, 9.17) is 0 Å². The van der Waals surface area contributed by atoms with E-state index in [1.165, 1.54) is 0 Å². The van der Waals surface area contributed by atoms with E-state index in [9.17, 15) is 4.79 Å². The average molecular weight is 235 g/mol. The normalized spacial score (nSPS) is 19.6. The summed E-state index contributed by atoms with van der Waals surface area (Å²) in [5.74, 6) is 2.43. The minimum atomic E-state index is 0.123. The van der Waals surface area contributed by atoms with Crippen molar-refractivity contribution in [3.63, 3.8) is 0 Å². The van der Waals surface area contributed by atoms with Crippen LogP contribution in [0.25, 0.3) is 0 Å². The van der Waals surface area contributed by atoms with E-state index in [2.05, 4.69) is 25.9 Å². The van der Waals surface area contributed by atoms with Gasteiger partial charge >= 0.3 is 0 Å². The molecule has 0 aromatic carbocycles. The highest BCUT2D eigenvalue weighted by Gasteiger charge is 2.18. The molecular formula is C11H17N5O. The van der Waals surface area contributed by atoms with Crippen LogP contribution in [0.4, 0.5) is 11.6 Å². The highest BCUT2D eigenvalue weighted by Crippen LogP contribution is 2.14. The summed E-state index contributed by atoms with van der Waals surface area (Å²) in [7, 11) is 1.83. The molecule has 1 atom stereocenters. The molecule has 0 bridgehead atoms. The zero-order valence-corrected chi connectivity index (χ0v) is 10.1. The summed E-state index contributed by atoms with van der Waals surface area (Å²) in [6, 6.07) is 2.11. The molecule has 0 spiro atoms. The van der Waals surface area contributed by atoms with Crippen LogP contribution < -0.4 is 16.0 Å². The first kappa shape index (κ1) is 11.6. The Balaban J connectivity index is 2.02. The Labute approximate surface area is 100 Å². The lowest BCUT2D eigenvalue weighted by molar-refractivity contribution is -0.122. The van der Waals surface area contributed by atoms with Gasteiger partial charge in [0.25, 0.3) is 0 Å². The summed E-state index contributed by atoms with van der Waals surface area (Å²) >= 11 is 0. The molecule has 1 unspecified atom stereocenters. The van der Waals surface area contributed by atoms with Gasteiger partial charge in [0.1, 0.15) is 17.5 Å². The number of amides is 1. The third-order valence-corrected chi connectivity index (χ3v) is 2.71. The molecule has 17 heavy (non-hydrogen) atoms. The fourth-order valence-electron chi connectivity index (χ4n) is 1.83. The van der Waals surface area contributed by atoms with Crippen LogP contribution in [0.3, 0.4) is 0 Å². The molecule has 3 N–H and O–H groups in total. The van der Waals surface area contributed by atoms with Crippen molar-refractivity contribution in [2.45, 2.75) is 25.8 Å². The lowest BCUT2D eigenvalue weighted by Crippen LogP contribution is -2.42. The number of aromatic nitrogens is 2. The predicted octanol–water partition coefficient (Wildman–Crippen LogP) is 0.517. The first-order valence-electron chi connectivity index (χ1n) is 5.74. The van der Waals surface area contributed by atoms with E-state index in [0.717, 1.165) is 23.9 Å². The van der Waals surface area contributed by atoms with E-state index >= 15 is 0 Å². The zero-order valence-electron chi connectivity index (χ0n) is 10.1. The van der Waals surface area contributed by atoms with Crippen molar-refractivity contribution in [1.29, 1.82) is 0 Å². The Kier molecular flexibility index (Phi) is 3.41. The Morgan fingerprint density at radius 3 is 2.82 bits per heavy atom. The summed E-state index contributed by atoms with van der Waals surface area (Å²) in [5.41, 5.74) is 0. The number of rotatable bonds is 3. The third kappa shape index (κ3) is 3.05. The molecule has 6 nitrogen and oxygen atoms in total. The molecule has 1 aromatic rings. The molecule has 0 aliphatic carbocycles. The van der Waals surface area contributed by atoms with Gasteiger partial charge in [-0.3, -0.25) is 4.79 Å². The Bertz CT molecular complexity index is 410. The first-order chi connectivity index (χ1) is 8.17. The number of nitrogens with zero attached hydrogens (tertiary/aromatic N) is 2. The molecule has 1 saturated heterocycles. The van der Waals surface area contributed by atoms with Crippen LogP contribution in [0.1, 0.15) is 18.7 Å². The Morgan fingerprint density at radius 2 is 2.18 bits per heavy atom. The Morgan fingerprint density at radius 1 is 1.41 bits per heavy atom. The van der Waals surface area contributed by atoms with Gasteiger partial charge in [0.2, 0.25) is 5.91 Å². The number of carbonyl (C=O) groups is 1. The number of hydrogen-bond acceptors (Lipinski definition) is 5. The van der Waals surface area contributed by atoms with Crippen LogP contribution in [-0.4, -0.2) is 35.5 Å². The van der Waals surface area contributed by atoms with Crippen molar-refractivity contribution in [2.24, 2.45) is 0 Å². The quantitative estimate of drug-likeness (QED) is 0.711. The van der Waals surface area contributed by atoms with Gasteiger partial charge in [-0.1, -0.05) is 0 Å². The van der Waals surface area contributed by atoms with Crippen molar-refractivity contribution >= 4 is 17.5 Å². The molecular weight excluding hydrogens is 218 g/mol. The summed E-state index contributed by atoms with van der Waals surface area (Å²) in [6.07, 6.45) is 1.41. The van der Waals surface area contributed by atoms with E-state index < -0.39 is 0 Å². The van der Waals surface area contributed by atoms with Crippen molar-refractivity contribution in [1.82, 2.24) is 15.3 Å². The predicted molar refractivity (Wildman–Crippen MR) is 66.0 cm³/mol. The summed E-state index contributed by atoms with van der Waals surface area (Å²) < 4.78 is 0. The molecule has 92 valence electrons. The molecule has 0 radical (unpaired) electrons. The third-order valence-electron chi connectivity index (χ3n) is 2.71. The molecule has 2 rings (SSSR count). The molecule has 1 amide bonds. The Hall–Kier alpha value is -1.85. The molecule has 6 heteroatoms. The number of hydrogen-bond donors (Lipinski definition) is 3. The van der Waals surface area contributed by atoms with E-state index in [1.54, 1.807) is 0 Å². The number of nitrogens with one attached hydrogen (secondary N) is 3. The van der Waals surface area contributed by atoms with E-state index in [0.29, 0.717) is 13.0 Å². The lowest BCUT2D eigenvalue weighted by atomic mass is 10.1. The average Bonchev–Trinajstić information content (AvgIpc) is 2.31. The van der Waals surface area contributed by atoms with Gasteiger partial charge in [-0.2, -0.15) is 0 Å². The van der Waals surface area contributed by atoms with Gasteiger partial charge < -0.3 is 16.0 Å². The highest BCUT2D eigenvalue weighted by molar-refractivity contribution is 5.77. The molecule has 0 saturated carbocycles. The monoisotopic (exact) mass is 235 g/mol. The second kappa shape index (κ2) is 4.99. The highest BCUT2D eigenvalue weighted by atomic mass is 16.1. The van der Waals surface area contributed by atoms with Gasteiger partial charge in [-0.15, -0.1) is 0 Å². The maximum atomic E-state index is 11.0. The van der Waals surface area contributed by atoms with Gasteiger partial charge in [0.05, 0.1) is 0 Å².